The molecule has 0 aliphatic rings. The molecule has 0 spiro atoms. The zero-order valence-corrected chi connectivity index (χ0v) is 12.5. The van der Waals surface area contributed by atoms with Gasteiger partial charge in [0.15, 0.2) is 0 Å². The van der Waals surface area contributed by atoms with E-state index >= 15 is 0 Å². The van der Waals surface area contributed by atoms with Crippen molar-refractivity contribution >= 4 is 10.0 Å². The van der Waals surface area contributed by atoms with E-state index in [1.54, 1.807) is 4.31 Å². The first-order valence-corrected chi connectivity index (χ1v) is 8.16. The summed E-state index contributed by atoms with van der Waals surface area (Å²) in [5.74, 6) is 0. The summed E-state index contributed by atoms with van der Waals surface area (Å²) in [6.07, 6.45) is 3.33. The van der Waals surface area contributed by atoms with Crippen LogP contribution in [0.25, 0.3) is 0 Å². The van der Waals surface area contributed by atoms with Crippen molar-refractivity contribution in [1.82, 2.24) is 4.31 Å². The van der Waals surface area contributed by atoms with E-state index in [4.69, 9.17) is 5.73 Å². The second-order valence-electron chi connectivity index (χ2n) is 4.53. The minimum Gasteiger partial charge on any atom is -0.329 e. The molecule has 0 aromatic carbocycles. The van der Waals surface area contributed by atoms with Crippen molar-refractivity contribution < 1.29 is 8.42 Å². The molecule has 0 fully saturated rings. The lowest BCUT2D eigenvalue weighted by Crippen LogP contribution is -2.46. The summed E-state index contributed by atoms with van der Waals surface area (Å²) in [5.41, 5.74) is 5.57. The molecule has 4 nitrogen and oxygen atoms in total. The lowest BCUT2D eigenvalue weighted by molar-refractivity contribution is 0.319. The zero-order chi connectivity index (χ0) is 13.5. The van der Waals surface area contributed by atoms with Gasteiger partial charge in [-0.2, -0.15) is 4.31 Å². The van der Waals surface area contributed by atoms with Gasteiger partial charge in [-0.1, -0.05) is 27.2 Å². The molecule has 0 radical (unpaired) electrons. The van der Waals surface area contributed by atoms with E-state index in [2.05, 4.69) is 6.92 Å². The maximum absolute atomic E-state index is 12.4. The summed E-state index contributed by atoms with van der Waals surface area (Å²) in [5, 5.41) is -0.437. The second-order valence-corrected chi connectivity index (χ2v) is 6.70. The average molecular weight is 264 g/mol. The Morgan fingerprint density at radius 1 is 1.18 bits per heavy atom. The molecular weight excluding hydrogens is 236 g/mol. The number of rotatable bonds is 9. The summed E-state index contributed by atoms with van der Waals surface area (Å²) < 4.78 is 26.5. The SMILES string of the molecule is CCCCN(C(C)CC)S(=O)(=O)C(CC)CN. The molecule has 0 aromatic heterocycles. The minimum atomic E-state index is -3.24. The summed E-state index contributed by atoms with van der Waals surface area (Å²) in [7, 11) is -3.24. The van der Waals surface area contributed by atoms with Crippen LogP contribution < -0.4 is 5.73 Å². The van der Waals surface area contributed by atoms with Crippen LogP contribution in [-0.4, -0.2) is 37.1 Å². The lowest BCUT2D eigenvalue weighted by Gasteiger charge is -2.31. The van der Waals surface area contributed by atoms with Crippen LogP contribution >= 0.6 is 0 Å². The highest BCUT2D eigenvalue weighted by molar-refractivity contribution is 7.89. The third kappa shape index (κ3) is 4.56. The largest absolute Gasteiger partial charge is 0.329 e. The van der Waals surface area contributed by atoms with Crippen LogP contribution in [-0.2, 0) is 10.0 Å². The smallest absolute Gasteiger partial charge is 0.218 e. The number of hydrogen-bond donors (Lipinski definition) is 1. The summed E-state index contributed by atoms with van der Waals surface area (Å²) in [4.78, 5) is 0. The molecule has 0 aromatic rings. The number of sulfonamides is 1. The fourth-order valence-electron chi connectivity index (χ4n) is 1.81. The Morgan fingerprint density at radius 3 is 2.12 bits per heavy atom. The highest BCUT2D eigenvalue weighted by Crippen LogP contribution is 2.17. The van der Waals surface area contributed by atoms with E-state index in [1.807, 2.05) is 20.8 Å². The van der Waals surface area contributed by atoms with Crippen LogP contribution in [0.2, 0.25) is 0 Å². The first-order chi connectivity index (χ1) is 7.95. The Balaban J connectivity index is 5.00. The molecule has 0 aliphatic carbocycles. The standard InChI is InChI=1S/C12H28N2O2S/c1-5-8-9-14(11(4)6-2)17(15,16)12(7-3)10-13/h11-12H,5-10,13H2,1-4H3. The van der Waals surface area contributed by atoms with Crippen molar-refractivity contribution in [1.29, 1.82) is 0 Å². The van der Waals surface area contributed by atoms with Crippen molar-refractivity contribution in [2.75, 3.05) is 13.1 Å². The molecule has 2 atom stereocenters. The molecule has 0 saturated heterocycles. The molecule has 0 bridgehead atoms. The summed E-state index contributed by atoms with van der Waals surface area (Å²) in [6.45, 7) is 8.76. The van der Waals surface area contributed by atoms with Gasteiger partial charge < -0.3 is 5.73 Å². The van der Waals surface area contributed by atoms with Crippen LogP contribution in [0.15, 0.2) is 0 Å². The third-order valence-electron chi connectivity index (χ3n) is 3.28. The summed E-state index contributed by atoms with van der Waals surface area (Å²) in [6, 6.07) is 0.0622. The highest BCUT2D eigenvalue weighted by Gasteiger charge is 2.32. The lowest BCUT2D eigenvalue weighted by atomic mass is 10.2. The number of unbranched alkanes of at least 4 members (excludes halogenated alkanes) is 1. The van der Waals surface area contributed by atoms with Gasteiger partial charge in [-0.3, -0.25) is 0 Å². The van der Waals surface area contributed by atoms with Gasteiger partial charge in [0.2, 0.25) is 10.0 Å². The molecule has 0 rings (SSSR count). The molecule has 2 N–H and O–H groups in total. The summed E-state index contributed by atoms with van der Waals surface area (Å²) >= 11 is 0. The monoisotopic (exact) mass is 264 g/mol. The third-order valence-corrected chi connectivity index (χ3v) is 5.85. The van der Waals surface area contributed by atoms with Gasteiger partial charge in [0.1, 0.15) is 0 Å². The molecule has 17 heavy (non-hydrogen) atoms. The molecular formula is C12H28N2O2S. The molecule has 0 amide bonds. The number of hydrogen-bond acceptors (Lipinski definition) is 3. The van der Waals surface area contributed by atoms with Gasteiger partial charge in [0.25, 0.3) is 0 Å². The Labute approximate surface area is 107 Å². The fraction of sp³-hybridized carbons (Fsp3) is 1.00. The van der Waals surface area contributed by atoms with Crippen molar-refractivity contribution in [3.63, 3.8) is 0 Å². The molecule has 5 heteroatoms. The predicted octanol–water partition coefficient (Wildman–Crippen LogP) is 1.95. The van der Waals surface area contributed by atoms with Crippen LogP contribution in [0.1, 0.15) is 53.4 Å². The van der Waals surface area contributed by atoms with E-state index in [0.29, 0.717) is 13.0 Å². The maximum Gasteiger partial charge on any atom is 0.218 e. The van der Waals surface area contributed by atoms with Crippen molar-refractivity contribution in [2.24, 2.45) is 5.73 Å². The van der Waals surface area contributed by atoms with E-state index < -0.39 is 15.3 Å². The van der Waals surface area contributed by atoms with E-state index in [-0.39, 0.29) is 12.6 Å². The first kappa shape index (κ1) is 16.9. The average Bonchev–Trinajstić information content (AvgIpc) is 2.30. The zero-order valence-electron chi connectivity index (χ0n) is 11.6. The van der Waals surface area contributed by atoms with Crippen molar-refractivity contribution in [2.45, 2.75) is 64.7 Å². The Bertz CT molecular complexity index is 287. The van der Waals surface area contributed by atoms with Gasteiger partial charge in [0.05, 0.1) is 5.25 Å². The van der Waals surface area contributed by atoms with Crippen LogP contribution in [0, 0.1) is 0 Å². The second kappa shape index (κ2) is 8.06. The van der Waals surface area contributed by atoms with E-state index in [1.165, 1.54) is 0 Å². The van der Waals surface area contributed by atoms with Crippen molar-refractivity contribution in [3.05, 3.63) is 0 Å². The molecule has 0 aliphatic heterocycles. The van der Waals surface area contributed by atoms with Gasteiger partial charge in [0, 0.05) is 19.1 Å². The highest BCUT2D eigenvalue weighted by atomic mass is 32.2. The minimum absolute atomic E-state index is 0.0622. The first-order valence-electron chi connectivity index (χ1n) is 6.66. The molecule has 2 unspecified atom stereocenters. The quantitative estimate of drug-likeness (QED) is 0.692. The number of nitrogens with two attached hydrogens (primary N) is 1. The topological polar surface area (TPSA) is 63.4 Å². The Hall–Kier alpha value is -0.130. The number of nitrogens with zero attached hydrogens (tertiary/aromatic N) is 1. The molecule has 0 heterocycles. The van der Waals surface area contributed by atoms with E-state index in [0.717, 1.165) is 19.3 Å². The molecule has 0 saturated carbocycles. The van der Waals surface area contributed by atoms with Crippen molar-refractivity contribution in [3.8, 4) is 0 Å². The Kier molecular flexibility index (Phi) is 8.00. The maximum atomic E-state index is 12.4. The van der Waals surface area contributed by atoms with Gasteiger partial charge in [-0.05, 0) is 26.2 Å². The normalized spacial score (nSPS) is 16.1. The fourth-order valence-corrected chi connectivity index (χ4v) is 3.89. The van der Waals surface area contributed by atoms with Crippen LogP contribution in [0.5, 0.6) is 0 Å². The van der Waals surface area contributed by atoms with Gasteiger partial charge in [-0.25, -0.2) is 8.42 Å². The Morgan fingerprint density at radius 2 is 1.76 bits per heavy atom. The van der Waals surface area contributed by atoms with Crippen LogP contribution in [0.4, 0.5) is 0 Å². The molecule has 104 valence electrons. The van der Waals surface area contributed by atoms with E-state index in [9.17, 15) is 8.42 Å². The van der Waals surface area contributed by atoms with Crippen LogP contribution in [0.3, 0.4) is 0 Å². The predicted molar refractivity (Wildman–Crippen MR) is 73.4 cm³/mol. The van der Waals surface area contributed by atoms with Gasteiger partial charge in [-0.15, -0.1) is 0 Å². The van der Waals surface area contributed by atoms with Gasteiger partial charge >= 0.3 is 0 Å².